The van der Waals surface area contributed by atoms with Gasteiger partial charge in [0.05, 0.1) is 7.11 Å². The molecule has 1 radical (unpaired) electrons. The van der Waals surface area contributed by atoms with Crippen LogP contribution in [0.1, 0.15) is 5.56 Å². The van der Waals surface area contributed by atoms with E-state index < -0.39 is 0 Å². The van der Waals surface area contributed by atoms with Crippen molar-refractivity contribution in [2.24, 2.45) is 0 Å². The second kappa shape index (κ2) is 2.55. The Morgan fingerprint density at radius 3 is 3.00 bits per heavy atom. The van der Waals surface area contributed by atoms with E-state index >= 15 is 0 Å². The quantitative estimate of drug-likeness (QED) is 0.605. The van der Waals surface area contributed by atoms with Gasteiger partial charge in [-0.2, -0.15) is 0 Å². The fourth-order valence-corrected chi connectivity index (χ4v) is 1.24. The Labute approximate surface area is 65.7 Å². The zero-order valence-electron chi connectivity index (χ0n) is 6.12. The van der Waals surface area contributed by atoms with Gasteiger partial charge in [-0.3, -0.25) is 0 Å². The van der Waals surface area contributed by atoms with Crippen LogP contribution in [0.15, 0.2) is 24.3 Å². The molecule has 0 aromatic heterocycles. The normalized spacial score (nSPS) is 21.0. The summed E-state index contributed by atoms with van der Waals surface area (Å²) in [5, 5.41) is 0. The number of hydrogen-bond donors (Lipinski definition) is 0. The van der Waals surface area contributed by atoms with Gasteiger partial charge in [0.2, 0.25) is 6.29 Å². The number of hydrogen-bond acceptors (Lipinski definition) is 2. The van der Waals surface area contributed by atoms with E-state index in [0.717, 1.165) is 12.2 Å². The molecule has 2 rings (SSSR count). The lowest BCUT2D eigenvalue weighted by molar-refractivity contribution is -0.0155. The van der Waals surface area contributed by atoms with Crippen molar-refractivity contribution in [1.82, 2.24) is 0 Å². The van der Waals surface area contributed by atoms with E-state index in [1.807, 2.05) is 24.3 Å². The third-order valence-electron chi connectivity index (χ3n) is 1.80. The van der Waals surface area contributed by atoms with Crippen LogP contribution < -0.4 is 4.74 Å². The molecule has 2 nitrogen and oxygen atoms in total. The summed E-state index contributed by atoms with van der Waals surface area (Å²) in [6, 6.07) is 7.92. The largest absolute Gasteiger partial charge is 0.464 e. The van der Waals surface area contributed by atoms with Gasteiger partial charge in [-0.1, -0.05) is 18.2 Å². The van der Waals surface area contributed by atoms with E-state index in [9.17, 15) is 0 Å². The summed E-state index contributed by atoms with van der Waals surface area (Å²) in [5.41, 5.74) is 1.20. The van der Waals surface area contributed by atoms with E-state index in [4.69, 9.17) is 9.47 Å². The third-order valence-corrected chi connectivity index (χ3v) is 1.80. The van der Waals surface area contributed by atoms with Crippen molar-refractivity contribution in [2.75, 3.05) is 0 Å². The first-order valence-corrected chi connectivity index (χ1v) is 3.55. The molecule has 1 aromatic carbocycles. The summed E-state index contributed by atoms with van der Waals surface area (Å²) in [6.45, 7) is 0. The molecule has 1 atom stereocenters. The van der Waals surface area contributed by atoms with Crippen molar-refractivity contribution in [2.45, 2.75) is 12.7 Å². The van der Waals surface area contributed by atoms with E-state index in [1.54, 1.807) is 0 Å². The highest BCUT2D eigenvalue weighted by Crippen LogP contribution is 2.28. The number of benzene rings is 1. The van der Waals surface area contributed by atoms with Crippen LogP contribution in [-0.4, -0.2) is 6.29 Å². The summed E-state index contributed by atoms with van der Waals surface area (Å²) < 4.78 is 10.2. The molecule has 1 aromatic rings. The van der Waals surface area contributed by atoms with Gasteiger partial charge in [-0.15, -0.1) is 0 Å². The van der Waals surface area contributed by atoms with Gasteiger partial charge in [-0.25, -0.2) is 0 Å². The fourth-order valence-electron chi connectivity index (χ4n) is 1.24. The zero-order valence-corrected chi connectivity index (χ0v) is 6.12. The van der Waals surface area contributed by atoms with E-state index in [1.165, 1.54) is 5.56 Å². The molecule has 0 saturated heterocycles. The predicted molar refractivity (Wildman–Crippen MR) is 41.0 cm³/mol. The molecule has 57 valence electrons. The number of ether oxygens (including phenoxy) is 2. The van der Waals surface area contributed by atoms with Crippen molar-refractivity contribution in [3.05, 3.63) is 36.9 Å². The Morgan fingerprint density at radius 1 is 1.45 bits per heavy atom. The summed E-state index contributed by atoms with van der Waals surface area (Å²) in [7, 11) is 3.33. The van der Waals surface area contributed by atoms with Crippen LogP contribution in [0.2, 0.25) is 0 Å². The lowest BCUT2D eigenvalue weighted by atomic mass is 10.2. The molecule has 0 aliphatic carbocycles. The molecule has 0 bridgehead atoms. The molecule has 0 amide bonds. The average molecular weight is 149 g/mol. The number of fused-ring (bicyclic) bond motifs is 1. The van der Waals surface area contributed by atoms with Crippen molar-refractivity contribution >= 4 is 0 Å². The minimum atomic E-state index is -0.188. The van der Waals surface area contributed by atoms with Gasteiger partial charge in [0, 0.05) is 12.0 Å². The van der Waals surface area contributed by atoms with Crippen LogP contribution in [-0.2, 0) is 11.2 Å². The van der Waals surface area contributed by atoms with Crippen molar-refractivity contribution in [3.63, 3.8) is 0 Å². The topological polar surface area (TPSA) is 18.5 Å². The second-order valence-corrected chi connectivity index (χ2v) is 2.53. The van der Waals surface area contributed by atoms with Crippen LogP contribution in [0, 0.1) is 7.11 Å². The molecule has 1 unspecified atom stereocenters. The van der Waals surface area contributed by atoms with Gasteiger partial charge >= 0.3 is 0 Å². The standard InChI is InChI=1S/C9H9O2/c1-10-9-6-7-4-2-3-5-8(7)11-9/h2-5,9H,1,6H2. The molecule has 11 heavy (non-hydrogen) atoms. The van der Waals surface area contributed by atoms with Crippen LogP contribution in [0.4, 0.5) is 0 Å². The van der Waals surface area contributed by atoms with E-state index in [-0.39, 0.29) is 6.29 Å². The zero-order chi connectivity index (χ0) is 7.68. The lowest BCUT2D eigenvalue weighted by Gasteiger charge is -2.05. The molecule has 2 heteroatoms. The molecular formula is C9H9O2. The van der Waals surface area contributed by atoms with Crippen LogP contribution in [0.5, 0.6) is 5.75 Å². The van der Waals surface area contributed by atoms with Gasteiger partial charge in [-0.05, 0) is 6.07 Å². The van der Waals surface area contributed by atoms with Crippen molar-refractivity contribution in [1.29, 1.82) is 0 Å². The highest BCUT2D eigenvalue weighted by atomic mass is 16.7. The second-order valence-electron chi connectivity index (χ2n) is 2.53. The van der Waals surface area contributed by atoms with Crippen LogP contribution >= 0.6 is 0 Å². The average Bonchev–Trinajstić information content (AvgIpc) is 2.46. The minimum Gasteiger partial charge on any atom is -0.464 e. The minimum absolute atomic E-state index is 0.188. The summed E-state index contributed by atoms with van der Waals surface area (Å²) in [5.74, 6) is 0.918. The smallest absolute Gasteiger partial charge is 0.204 e. The molecule has 1 aliphatic rings. The number of rotatable bonds is 1. The molecule has 0 saturated carbocycles. The van der Waals surface area contributed by atoms with Gasteiger partial charge < -0.3 is 9.47 Å². The predicted octanol–water partition coefficient (Wildman–Crippen LogP) is 1.76. The maximum Gasteiger partial charge on any atom is 0.204 e. The summed E-state index contributed by atoms with van der Waals surface area (Å²) >= 11 is 0. The Morgan fingerprint density at radius 2 is 2.27 bits per heavy atom. The molecule has 1 heterocycles. The Kier molecular flexibility index (Phi) is 1.55. The van der Waals surface area contributed by atoms with E-state index in [2.05, 4.69) is 7.11 Å². The van der Waals surface area contributed by atoms with Gasteiger partial charge in [0.15, 0.2) is 0 Å². The third kappa shape index (κ3) is 1.10. The first-order chi connectivity index (χ1) is 5.40. The maximum atomic E-state index is 5.37. The maximum absolute atomic E-state index is 5.37. The Balaban J connectivity index is 2.27. The number of para-hydroxylation sites is 1. The Hall–Kier alpha value is -1.02. The SMILES string of the molecule is [CH2]OC1Cc2ccccc2O1. The summed E-state index contributed by atoms with van der Waals surface area (Å²) in [4.78, 5) is 0. The molecule has 0 spiro atoms. The van der Waals surface area contributed by atoms with E-state index in [0.29, 0.717) is 0 Å². The van der Waals surface area contributed by atoms with Crippen LogP contribution in [0.3, 0.4) is 0 Å². The highest BCUT2D eigenvalue weighted by Gasteiger charge is 2.20. The van der Waals surface area contributed by atoms with Crippen molar-refractivity contribution < 1.29 is 9.47 Å². The monoisotopic (exact) mass is 149 g/mol. The van der Waals surface area contributed by atoms with Gasteiger partial charge in [0.25, 0.3) is 0 Å². The molecule has 0 N–H and O–H groups in total. The summed E-state index contributed by atoms with van der Waals surface area (Å²) in [6.07, 6.45) is 0.618. The highest BCUT2D eigenvalue weighted by molar-refractivity contribution is 5.36. The lowest BCUT2D eigenvalue weighted by Crippen LogP contribution is -2.13. The van der Waals surface area contributed by atoms with Crippen molar-refractivity contribution in [3.8, 4) is 5.75 Å². The molecule has 0 fully saturated rings. The fraction of sp³-hybridized carbons (Fsp3) is 0.222. The molecule has 1 aliphatic heterocycles. The Bertz CT molecular complexity index is 232. The first-order valence-electron chi connectivity index (χ1n) is 3.55. The van der Waals surface area contributed by atoms with Crippen LogP contribution in [0.25, 0.3) is 0 Å². The first kappa shape index (κ1) is 6.68. The molecular weight excluding hydrogens is 140 g/mol. The van der Waals surface area contributed by atoms with Gasteiger partial charge in [0.1, 0.15) is 5.75 Å².